The third-order valence-electron chi connectivity index (χ3n) is 3.44. The van der Waals surface area contributed by atoms with E-state index in [1.165, 1.54) is 0 Å². The number of aliphatic carboxylic acids is 1. The molecule has 0 bridgehead atoms. The van der Waals surface area contributed by atoms with Gasteiger partial charge < -0.3 is 14.9 Å². The maximum absolute atomic E-state index is 10.9. The number of carboxylic acid groups (broad SMARTS) is 1. The zero-order chi connectivity index (χ0) is 13.9. The summed E-state index contributed by atoms with van der Waals surface area (Å²) in [7, 11) is 1.59. The number of ether oxygens (including phenoxy) is 1. The van der Waals surface area contributed by atoms with Gasteiger partial charge in [0.2, 0.25) is 0 Å². The number of hydrogen-bond acceptors (Lipinski definition) is 3. The van der Waals surface area contributed by atoms with Crippen molar-refractivity contribution in [1.82, 2.24) is 0 Å². The Morgan fingerprint density at radius 1 is 1.33 bits per heavy atom. The summed E-state index contributed by atoms with van der Waals surface area (Å²) in [6, 6.07) is 5.38. The quantitative estimate of drug-likeness (QED) is 0.844. The summed E-state index contributed by atoms with van der Waals surface area (Å²) in [5.74, 6) is -1.09. The Morgan fingerprint density at radius 2 is 1.94 bits per heavy atom. The van der Waals surface area contributed by atoms with Gasteiger partial charge in [0.25, 0.3) is 0 Å². The minimum atomic E-state index is -0.896. The molecule has 1 aromatic carbocycles. The highest BCUT2D eigenvalue weighted by molar-refractivity contribution is 5.69. The van der Waals surface area contributed by atoms with Gasteiger partial charge in [-0.1, -0.05) is 19.9 Å². The lowest BCUT2D eigenvalue weighted by Gasteiger charge is -2.23. The molecule has 3 atom stereocenters. The van der Waals surface area contributed by atoms with Crippen molar-refractivity contribution in [3.63, 3.8) is 0 Å². The van der Waals surface area contributed by atoms with Crippen molar-refractivity contribution in [2.45, 2.75) is 26.9 Å². The van der Waals surface area contributed by atoms with Crippen LogP contribution < -0.4 is 4.74 Å². The summed E-state index contributed by atoms with van der Waals surface area (Å²) >= 11 is 0. The smallest absolute Gasteiger partial charge is 0.306 e. The van der Waals surface area contributed by atoms with Crippen molar-refractivity contribution in [3.8, 4) is 5.75 Å². The Kier molecular flexibility index (Phi) is 4.73. The molecule has 4 heteroatoms. The van der Waals surface area contributed by atoms with E-state index in [0.717, 1.165) is 11.3 Å². The Balaban J connectivity index is 2.93. The van der Waals surface area contributed by atoms with Crippen molar-refractivity contribution in [1.29, 1.82) is 0 Å². The van der Waals surface area contributed by atoms with Crippen LogP contribution in [-0.4, -0.2) is 23.3 Å². The average Bonchev–Trinajstić information content (AvgIpc) is 2.35. The normalized spacial score (nSPS) is 15.8. The Bertz CT molecular complexity index is 428. The van der Waals surface area contributed by atoms with Crippen LogP contribution in [-0.2, 0) is 4.79 Å². The van der Waals surface area contributed by atoms with Crippen molar-refractivity contribution in [3.05, 3.63) is 29.3 Å². The monoisotopic (exact) mass is 252 g/mol. The molecule has 0 amide bonds. The van der Waals surface area contributed by atoms with Crippen LogP contribution in [0.25, 0.3) is 0 Å². The molecule has 0 aliphatic heterocycles. The number of aliphatic hydroxyl groups excluding tert-OH is 1. The number of carboxylic acids is 1. The number of aryl methyl sites for hydroxylation is 1. The van der Waals surface area contributed by atoms with Crippen LogP contribution in [0.1, 0.15) is 31.1 Å². The molecule has 0 heterocycles. The topological polar surface area (TPSA) is 66.8 Å². The summed E-state index contributed by atoms with van der Waals surface area (Å²) in [6.45, 7) is 5.23. The van der Waals surface area contributed by atoms with Crippen LogP contribution in [0, 0.1) is 18.8 Å². The molecule has 0 fully saturated rings. The zero-order valence-corrected chi connectivity index (χ0v) is 11.2. The standard InChI is InChI=1S/C14H20O4/c1-8-7-11(5-6-12(8)18-4)13(15)9(2)10(3)14(16)17/h5-7,9-10,13,15H,1-4H3,(H,16,17). The molecular weight excluding hydrogens is 232 g/mol. The molecule has 3 unspecified atom stereocenters. The fourth-order valence-corrected chi connectivity index (χ4v) is 1.89. The van der Waals surface area contributed by atoms with Crippen LogP contribution >= 0.6 is 0 Å². The lowest BCUT2D eigenvalue weighted by molar-refractivity contribution is -0.144. The highest BCUT2D eigenvalue weighted by atomic mass is 16.5. The molecule has 0 saturated carbocycles. The van der Waals surface area contributed by atoms with Gasteiger partial charge in [0, 0.05) is 0 Å². The molecule has 0 aromatic heterocycles. The van der Waals surface area contributed by atoms with Gasteiger partial charge in [0.15, 0.2) is 0 Å². The van der Waals surface area contributed by atoms with Gasteiger partial charge in [-0.05, 0) is 36.1 Å². The number of methoxy groups -OCH3 is 1. The SMILES string of the molecule is COc1ccc(C(O)C(C)C(C)C(=O)O)cc1C. The van der Waals surface area contributed by atoms with Gasteiger partial charge in [0.1, 0.15) is 5.75 Å². The average molecular weight is 252 g/mol. The third kappa shape index (κ3) is 3.01. The Morgan fingerprint density at radius 3 is 2.39 bits per heavy atom. The van der Waals surface area contributed by atoms with E-state index in [0.29, 0.717) is 5.56 Å². The van der Waals surface area contributed by atoms with Gasteiger partial charge in [-0.25, -0.2) is 0 Å². The van der Waals surface area contributed by atoms with Crippen LogP contribution in [0.4, 0.5) is 0 Å². The maximum atomic E-state index is 10.9. The van der Waals surface area contributed by atoms with Crippen LogP contribution in [0.15, 0.2) is 18.2 Å². The van der Waals surface area contributed by atoms with E-state index >= 15 is 0 Å². The van der Waals surface area contributed by atoms with E-state index in [9.17, 15) is 9.90 Å². The highest BCUT2D eigenvalue weighted by Crippen LogP contribution is 2.30. The number of carbonyl (C=O) groups is 1. The molecule has 0 radical (unpaired) electrons. The van der Waals surface area contributed by atoms with Crippen molar-refractivity contribution in [2.75, 3.05) is 7.11 Å². The van der Waals surface area contributed by atoms with Gasteiger partial charge in [0.05, 0.1) is 19.1 Å². The molecule has 4 nitrogen and oxygen atoms in total. The number of benzene rings is 1. The molecule has 1 rings (SSSR count). The maximum Gasteiger partial charge on any atom is 0.306 e. The molecule has 100 valence electrons. The molecule has 2 N–H and O–H groups in total. The van der Waals surface area contributed by atoms with Gasteiger partial charge in [-0.2, -0.15) is 0 Å². The first-order valence-corrected chi connectivity index (χ1v) is 5.94. The van der Waals surface area contributed by atoms with E-state index in [2.05, 4.69) is 0 Å². The highest BCUT2D eigenvalue weighted by Gasteiger charge is 2.27. The largest absolute Gasteiger partial charge is 0.496 e. The van der Waals surface area contributed by atoms with Gasteiger partial charge in [-0.15, -0.1) is 0 Å². The van der Waals surface area contributed by atoms with Gasteiger partial charge in [-0.3, -0.25) is 4.79 Å². The van der Waals surface area contributed by atoms with Gasteiger partial charge >= 0.3 is 5.97 Å². The number of rotatable bonds is 5. The first-order chi connectivity index (χ1) is 8.38. The van der Waals surface area contributed by atoms with E-state index in [1.54, 1.807) is 33.1 Å². The van der Waals surface area contributed by atoms with Crippen LogP contribution in [0.5, 0.6) is 5.75 Å². The first kappa shape index (κ1) is 14.5. The summed E-state index contributed by atoms with van der Waals surface area (Å²) in [4.78, 5) is 10.9. The third-order valence-corrected chi connectivity index (χ3v) is 3.44. The fourth-order valence-electron chi connectivity index (χ4n) is 1.89. The summed E-state index contributed by atoms with van der Waals surface area (Å²) in [5.41, 5.74) is 1.64. The Hall–Kier alpha value is -1.55. The molecule has 0 spiro atoms. The predicted molar refractivity (Wildman–Crippen MR) is 68.7 cm³/mol. The molecular formula is C14H20O4. The van der Waals surface area contributed by atoms with Crippen molar-refractivity contribution in [2.24, 2.45) is 11.8 Å². The molecule has 18 heavy (non-hydrogen) atoms. The fraction of sp³-hybridized carbons (Fsp3) is 0.500. The number of aliphatic hydroxyl groups is 1. The molecule has 0 saturated heterocycles. The minimum Gasteiger partial charge on any atom is -0.496 e. The van der Waals surface area contributed by atoms with Crippen molar-refractivity contribution < 1.29 is 19.7 Å². The second-order valence-corrected chi connectivity index (χ2v) is 4.66. The molecule has 0 aliphatic carbocycles. The van der Waals surface area contributed by atoms with E-state index < -0.39 is 18.0 Å². The second-order valence-electron chi connectivity index (χ2n) is 4.66. The lowest BCUT2D eigenvalue weighted by atomic mass is 9.86. The second kappa shape index (κ2) is 5.87. The van der Waals surface area contributed by atoms with E-state index in [-0.39, 0.29) is 5.92 Å². The first-order valence-electron chi connectivity index (χ1n) is 5.94. The molecule has 0 aliphatic rings. The van der Waals surface area contributed by atoms with Crippen LogP contribution in [0.2, 0.25) is 0 Å². The molecule has 1 aromatic rings. The summed E-state index contributed by atoms with van der Waals surface area (Å²) in [5, 5.41) is 19.1. The summed E-state index contributed by atoms with van der Waals surface area (Å²) < 4.78 is 5.15. The van der Waals surface area contributed by atoms with E-state index in [4.69, 9.17) is 9.84 Å². The lowest BCUT2D eigenvalue weighted by Crippen LogP contribution is -2.23. The van der Waals surface area contributed by atoms with E-state index in [1.807, 2.05) is 13.0 Å². The van der Waals surface area contributed by atoms with Crippen molar-refractivity contribution >= 4 is 5.97 Å². The number of hydrogen-bond donors (Lipinski definition) is 2. The van der Waals surface area contributed by atoms with Crippen LogP contribution in [0.3, 0.4) is 0 Å². The minimum absolute atomic E-state index is 0.352. The predicted octanol–water partition coefficient (Wildman–Crippen LogP) is 2.39. The Labute approximate surface area is 107 Å². The summed E-state index contributed by atoms with van der Waals surface area (Å²) in [6.07, 6.45) is -0.791. The zero-order valence-electron chi connectivity index (χ0n) is 11.2.